The van der Waals surface area contributed by atoms with Gasteiger partial charge in [0.2, 0.25) is 0 Å². The van der Waals surface area contributed by atoms with E-state index in [4.69, 9.17) is 4.55 Å². The molecule has 0 fully saturated rings. The molecule has 0 unspecified atom stereocenters. The van der Waals surface area contributed by atoms with Crippen LogP contribution in [0.4, 0.5) is 0 Å². The molecule has 2 rings (SSSR count). The van der Waals surface area contributed by atoms with E-state index >= 15 is 0 Å². The third-order valence-electron chi connectivity index (χ3n) is 2.45. The summed E-state index contributed by atoms with van der Waals surface area (Å²) in [7, 11) is -4.12. The van der Waals surface area contributed by atoms with Crippen molar-refractivity contribution in [2.75, 3.05) is 0 Å². The van der Waals surface area contributed by atoms with Crippen LogP contribution >= 0.6 is 0 Å². The van der Waals surface area contributed by atoms with E-state index in [1.165, 1.54) is 12.1 Å². The highest BCUT2D eigenvalue weighted by molar-refractivity contribution is 7.85. The molecule has 0 bridgehead atoms. The number of benzene rings is 2. The Bertz CT molecular complexity index is 604. The van der Waals surface area contributed by atoms with E-state index in [-0.39, 0.29) is 4.90 Å². The van der Waals surface area contributed by atoms with Crippen LogP contribution in [-0.4, -0.2) is 13.0 Å². The molecule has 1 N–H and O–H groups in total. The van der Waals surface area contributed by atoms with Crippen LogP contribution in [0.15, 0.2) is 59.5 Å². The normalized spacial score (nSPS) is 11.4. The van der Waals surface area contributed by atoms with Crippen LogP contribution in [-0.2, 0) is 16.5 Å². The quantitative estimate of drug-likeness (QED) is 0.849. The lowest BCUT2D eigenvalue weighted by atomic mass is 10.1. The molecule has 88 valence electrons. The lowest BCUT2D eigenvalue weighted by molar-refractivity contribution is 0.483. The molecule has 0 radical (unpaired) electrons. The van der Waals surface area contributed by atoms with Gasteiger partial charge in [0.1, 0.15) is 0 Å². The van der Waals surface area contributed by atoms with Crippen LogP contribution in [0.2, 0.25) is 0 Å². The first-order chi connectivity index (χ1) is 8.05. The van der Waals surface area contributed by atoms with Crippen LogP contribution in [0.1, 0.15) is 11.1 Å². The van der Waals surface area contributed by atoms with Crippen molar-refractivity contribution >= 4 is 10.1 Å². The van der Waals surface area contributed by atoms with Crippen molar-refractivity contribution in [1.29, 1.82) is 0 Å². The third kappa shape index (κ3) is 3.15. The van der Waals surface area contributed by atoms with Gasteiger partial charge in [-0.25, -0.2) is 0 Å². The van der Waals surface area contributed by atoms with Gasteiger partial charge in [0, 0.05) is 0 Å². The predicted molar refractivity (Wildman–Crippen MR) is 65.5 cm³/mol. The Morgan fingerprint density at radius 3 is 2.18 bits per heavy atom. The average molecular weight is 248 g/mol. The topological polar surface area (TPSA) is 54.4 Å². The minimum absolute atomic E-state index is 0.0640. The van der Waals surface area contributed by atoms with Crippen LogP contribution in [0.3, 0.4) is 0 Å². The Morgan fingerprint density at radius 2 is 1.53 bits per heavy atom. The van der Waals surface area contributed by atoms with E-state index in [2.05, 4.69) is 0 Å². The molecule has 0 spiro atoms. The van der Waals surface area contributed by atoms with Gasteiger partial charge in [-0.1, -0.05) is 42.5 Å². The highest BCUT2D eigenvalue weighted by Gasteiger charge is 2.09. The fourth-order valence-electron chi connectivity index (χ4n) is 1.65. The van der Waals surface area contributed by atoms with Gasteiger partial charge >= 0.3 is 0 Å². The summed E-state index contributed by atoms with van der Waals surface area (Å²) in [5, 5.41) is 0. The molecule has 0 amide bonds. The SMILES string of the molecule is O=S(=O)(O)c1cccc(Cc2ccccc2)c1. The molecule has 3 nitrogen and oxygen atoms in total. The number of rotatable bonds is 3. The summed E-state index contributed by atoms with van der Waals surface area (Å²) in [5.74, 6) is 0. The summed E-state index contributed by atoms with van der Waals surface area (Å²) < 4.78 is 30.9. The van der Waals surface area contributed by atoms with Gasteiger partial charge in [-0.05, 0) is 29.7 Å². The molecule has 0 aliphatic heterocycles. The molecular weight excluding hydrogens is 236 g/mol. The minimum atomic E-state index is -4.12. The van der Waals surface area contributed by atoms with Crippen molar-refractivity contribution in [3.63, 3.8) is 0 Å². The number of hydrogen-bond donors (Lipinski definition) is 1. The number of hydrogen-bond acceptors (Lipinski definition) is 2. The Morgan fingerprint density at radius 1 is 0.882 bits per heavy atom. The zero-order valence-corrected chi connectivity index (χ0v) is 9.89. The molecule has 0 atom stereocenters. The first-order valence-corrected chi connectivity index (χ1v) is 6.60. The molecule has 4 heteroatoms. The first-order valence-electron chi connectivity index (χ1n) is 5.16. The molecule has 2 aromatic carbocycles. The average Bonchev–Trinajstić information content (AvgIpc) is 2.29. The van der Waals surface area contributed by atoms with E-state index in [1.807, 2.05) is 36.4 Å². The molecule has 0 saturated heterocycles. The smallest absolute Gasteiger partial charge is 0.282 e. The summed E-state index contributed by atoms with van der Waals surface area (Å²) in [5.41, 5.74) is 1.95. The van der Waals surface area contributed by atoms with Crippen molar-refractivity contribution in [3.8, 4) is 0 Å². The van der Waals surface area contributed by atoms with Gasteiger partial charge in [0.25, 0.3) is 10.1 Å². The van der Waals surface area contributed by atoms with Gasteiger partial charge in [-0.2, -0.15) is 8.42 Å². The largest absolute Gasteiger partial charge is 0.294 e. The second kappa shape index (κ2) is 4.69. The molecule has 0 aliphatic rings. The summed E-state index contributed by atoms with van der Waals surface area (Å²) >= 11 is 0. The lowest BCUT2D eigenvalue weighted by Crippen LogP contribution is -1.99. The zero-order chi connectivity index (χ0) is 12.3. The fourth-order valence-corrected chi connectivity index (χ4v) is 2.20. The van der Waals surface area contributed by atoms with Crippen LogP contribution in [0.5, 0.6) is 0 Å². The van der Waals surface area contributed by atoms with Gasteiger partial charge in [0.05, 0.1) is 4.90 Å². The van der Waals surface area contributed by atoms with Crippen LogP contribution < -0.4 is 0 Å². The van der Waals surface area contributed by atoms with Crippen molar-refractivity contribution in [1.82, 2.24) is 0 Å². The van der Waals surface area contributed by atoms with Gasteiger partial charge in [-0.15, -0.1) is 0 Å². The Hall–Kier alpha value is -1.65. The van der Waals surface area contributed by atoms with E-state index in [9.17, 15) is 8.42 Å². The van der Waals surface area contributed by atoms with Crippen molar-refractivity contribution in [2.24, 2.45) is 0 Å². The molecule has 0 aromatic heterocycles. The van der Waals surface area contributed by atoms with Crippen molar-refractivity contribution in [3.05, 3.63) is 65.7 Å². The monoisotopic (exact) mass is 248 g/mol. The standard InChI is InChI=1S/C13H12O3S/c14-17(15,16)13-8-4-7-12(10-13)9-11-5-2-1-3-6-11/h1-8,10H,9H2,(H,14,15,16). The minimum Gasteiger partial charge on any atom is -0.282 e. The molecule has 2 aromatic rings. The Kier molecular flexibility index (Phi) is 3.26. The molecule has 0 aliphatic carbocycles. The molecule has 0 saturated carbocycles. The maximum atomic E-state index is 11.0. The van der Waals surface area contributed by atoms with Gasteiger partial charge in [-0.3, -0.25) is 4.55 Å². The second-order valence-electron chi connectivity index (χ2n) is 3.78. The van der Waals surface area contributed by atoms with E-state index < -0.39 is 10.1 Å². The maximum absolute atomic E-state index is 11.0. The molecular formula is C13H12O3S. The first kappa shape index (κ1) is 11.8. The van der Waals surface area contributed by atoms with Crippen molar-refractivity contribution < 1.29 is 13.0 Å². The fraction of sp³-hybridized carbons (Fsp3) is 0.0769. The van der Waals surface area contributed by atoms with Gasteiger partial charge in [0.15, 0.2) is 0 Å². The predicted octanol–water partition coefficient (Wildman–Crippen LogP) is 2.52. The summed E-state index contributed by atoms with van der Waals surface area (Å²) in [6, 6.07) is 16.1. The zero-order valence-electron chi connectivity index (χ0n) is 9.08. The van der Waals surface area contributed by atoms with Crippen LogP contribution in [0.25, 0.3) is 0 Å². The Labute approximate surface area is 100 Å². The summed E-state index contributed by atoms with van der Waals surface area (Å²) in [4.78, 5) is -0.0640. The maximum Gasteiger partial charge on any atom is 0.294 e. The van der Waals surface area contributed by atoms with Crippen molar-refractivity contribution in [2.45, 2.75) is 11.3 Å². The Balaban J connectivity index is 2.29. The molecule has 17 heavy (non-hydrogen) atoms. The highest BCUT2D eigenvalue weighted by atomic mass is 32.2. The second-order valence-corrected chi connectivity index (χ2v) is 5.21. The summed E-state index contributed by atoms with van der Waals surface area (Å²) in [6.07, 6.45) is 0.643. The lowest BCUT2D eigenvalue weighted by Gasteiger charge is -2.03. The van der Waals surface area contributed by atoms with E-state index in [1.54, 1.807) is 6.07 Å². The van der Waals surface area contributed by atoms with E-state index in [0.29, 0.717) is 6.42 Å². The van der Waals surface area contributed by atoms with E-state index in [0.717, 1.165) is 11.1 Å². The van der Waals surface area contributed by atoms with Gasteiger partial charge < -0.3 is 0 Å². The van der Waals surface area contributed by atoms with Crippen LogP contribution in [0, 0.1) is 0 Å². The third-order valence-corrected chi connectivity index (χ3v) is 3.30. The highest BCUT2D eigenvalue weighted by Crippen LogP contribution is 2.14. The molecule has 0 heterocycles. The summed E-state index contributed by atoms with van der Waals surface area (Å²) in [6.45, 7) is 0.